The van der Waals surface area contributed by atoms with Crippen molar-refractivity contribution < 1.29 is 19.8 Å². The van der Waals surface area contributed by atoms with E-state index in [9.17, 15) is 19.8 Å². The Hall–Kier alpha value is -1.60. The van der Waals surface area contributed by atoms with E-state index in [1.165, 1.54) is 22.7 Å². The molecule has 0 aromatic heterocycles. The van der Waals surface area contributed by atoms with Crippen LogP contribution < -0.4 is 0 Å². The first kappa shape index (κ1) is 21.1. The number of hydrogen-bond donors (Lipinski definition) is 2. The predicted octanol–water partition coefficient (Wildman–Crippen LogP) is 4.84. The summed E-state index contributed by atoms with van der Waals surface area (Å²) < 4.78 is 1.65. The van der Waals surface area contributed by atoms with Crippen LogP contribution >= 0.6 is 56.9 Å². The number of nitrogens with zero attached hydrogens (tertiary/aromatic N) is 2. The summed E-state index contributed by atoms with van der Waals surface area (Å²) in [6.07, 6.45) is 1.65. The number of rotatable bonds is 3. The Kier molecular flexibility index (Phi) is 6.34. The van der Waals surface area contributed by atoms with Gasteiger partial charge in [0.05, 0.1) is 19.7 Å². The highest BCUT2D eigenvalue weighted by atomic mass is 127. The van der Waals surface area contributed by atoms with E-state index >= 15 is 0 Å². The highest BCUT2D eigenvalue weighted by molar-refractivity contribution is 14.1. The first-order chi connectivity index (χ1) is 13.2. The number of carboxylic acid groups (broad SMARTS) is 1. The molecule has 2 N–H and O–H groups in total. The van der Waals surface area contributed by atoms with Gasteiger partial charge in [-0.05, 0) is 99.8 Å². The Balaban J connectivity index is 2.00. The first-order valence-electron chi connectivity index (χ1n) is 7.96. The normalized spacial score (nSPS) is 17.0. The molecule has 0 radical (unpaired) electrons. The van der Waals surface area contributed by atoms with Gasteiger partial charge in [-0.3, -0.25) is 9.69 Å². The number of aromatic carboxylic acids is 1. The molecule has 0 unspecified atom stereocenters. The van der Waals surface area contributed by atoms with Gasteiger partial charge in [-0.1, -0.05) is 6.07 Å². The van der Waals surface area contributed by atoms with Gasteiger partial charge in [0.25, 0.3) is 5.91 Å². The number of hydrogen-bond acceptors (Lipinski definition) is 5. The molecule has 0 atom stereocenters. The SMILES string of the molecule is Cc1c(N=C2S/C(=C\c3cc(I)cc(I)c3O)C(=O)N2C)cccc1C(=O)O. The number of likely N-dealkylation sites (N-methyl/N-ethyl adjacent to an activating group) is 1. The Morgan fingerprint density at radius 3 is 2.68 bits per heavy atom. The van der Waals surface area contributed by atoms with Crippen LogP contribution in [0, 0.1) is 14.1 Å². The lowest BCUT2D eigenvalue weighted by atomic mass is 10.1. The fourth-order valence-electron chi connectivity index (χ4n) is 2.57. The van der Waals surface area contributed by atoms with Gasteiger partial charge in [0.2, 0.25) is 0 Å². The maximum Gasteiger partial charge on any atom is 0.336 e. The van der Waals surface area contributed by atoms with E-state index in [2.05, 4.69) is 27.6 Å². The van der Waals surface area contributed by atoms with Gasteiger partial charge in [0.15, 0.2) is 5.17 Å². The van der Waals surface area contributed by atoms with Crippen LogP contribution in [0.15, 0.2) is 40.2 Å². The van der Waals surface area contributed by atoms with Crippen LogP contribution in [0.5, 0.6) is 5.75 Å². The average molecular weight is 620 g/mol. The third-order valence-electron chi connectivity index (χ3n) is 4.10. The van der Waals surface area contributed by atoms with E-state index in [-0.39, 0.29) is 17.2 Å². The maximum atomic E-state index is 12.6. The molecule has 144 valence electrons. The molecule has 9 heteroatoms. The van der Waals surface area contributed by atoms with Crippen LogP contribution in [0.2, 0.25) is 0 Å². The molecule has 28 heavy (non-hydrogen) atoms. The second-order valence-corrected chi connectivity index (χ2v) is 9.37. The van der Waals surface area contributed by atoms with Gasteiger partial charge in [-0.15, -0.1) is 0 Å². The zero-order chi connectivity index (χ0) is 20.6. The van der Waals surface area contributed by atoms with Gasteiger partial charge in [-0.2, -0.15) is 0 Å². The number of aliphatic imine (C=N–C) groups is 1. The maximum absolute atomic E-state index is 12.6. The number of amides is 1. The molecule has 6 nitrogen and oxygen atoms in total. The number of benzene rings is 2. The molecule has 1 saturated heterocycles. The van der Waals surface area contributed by atoms with Crippen LogP contribution in [0.25, 0.3) is 6.08 Å². The second-order valence-electron chi connectivity index (χ2n) is 5.95. The fourth-order valence-corrected chi connectivity index (χ4v) is 5.43. The molecule has 0 aliphatic carbocycles. The van der Waals surface area contributed by atoms with Crippen molar-refractivity contribution in [2.24, 2.45) is 4.99 Å². The van der Waals surface area contributed by atoms with Crippen molar-refractivity contribution >= 4 is 85.8 Å². The van der Waals surface area contributed by atoms with E-state index in [1.54, 1.807) is 38.2 Å². The Morgan fingerprint density at radius 2 is 2.00 bits per heavy atom. The molecular formula is C19H14I2N2O4S. The van der Waals surface area contributed by atoms with E-state index in [4.69, 9.17) is 0 Å². The quantitative estimate of drug-likeness (QED) is 0.379. The second kappa shape index (κ2) is 8.41. The molecule has 2 aromatic carbocycles. The molecule has 1 fully saturated rings. The third kappa shape index (κ3) is 4.20. The number of halogens is 2. The van der Waals surface area contributed by atoms with Crippen LogP contribution in [0.3, 0.4) is 0 Å². The molecule has 0 bridgehead atoms. The minimum atomic E-state index is -1.02. The molecule has 1 aliphatic rings. The minimum Gasteiger partial charge on any atom is -0.506 e. The zero-order valence-electron chi connectivity index (χ0n) is 14.7. The van der Waals surface area contributed by atoms with Gasteiger partial charge >= 0.3 is 5.97 Å². The van der Waals surface area contributed by atoms with Crippen LogP contribution in [-0.2, 0) is 4.79 Å². The van der Waals surface area contributed by atoms with Crippen molar-refractivity contribution in [3.8, 4) is 5.75 Å². The first-order valence-corrected chi connectivity index (χ1v) is 10.9. The molecule has 1 amide bonds. The van der Waals surface area contributed by atoms with Gasteiger partial charge in [0, 0.05) is 16.2 Å². The summed E-state index contributed by atoms with van der Waals surface area (Å²) >= 11 is 5.38. The van der Waals surface area contributed by atoms with Crippen molar-refractivity contribution in [2.45, 2.75) is 6.92 Å². The number of thioether (sulfide) groups is 1. The lowest BCUT2D eigenvalue weighted by Crippen LogP contribution is -2.23. The standard InChI is InChI=1S/C19H14I2N2O4S/c1-9-12(18(26)27)4-3-5-14(9)22-19-23(2)17(25)15(28-19)7-10-6-11(20)8-13(21)16(10)24/h3-8,24H,1-2H3,(H,26,27)/b15-7-,22-19?. The van der Waals surface area contributed by atoms with E-state index in [0.29, 0.717) is 30.5 Å². The summed E-state index contributed by atoms with van der Waals surface area (Å²) in [7, 11) is 1.61. The largest absolute Gasteiger partial charge is 0.506 e. The van der Waals surface area contributed by atoms with Gasteiger partial charge < -0.3 is 10.2 Å². The summed E-state index contributed by atoms with van der Waals surface area (Å²) in [4.78, 5) is 30.3. The highest BCUT2D eigenvalue weighted by Crippen LogP contribution is 2.36. The van der Waals surface area contributed by atoms with E-state index in [0.717, 1.165) is 3.57 Å². The van der Waals surface area contributed by atoms with Crippen molar-refractivity contribution in [3.05, 3.63) is 59.1 Å². The number of phenolic OH excluding ortho intramolecular Hbond substituents is 1. The topological polar surface area (TPSA) is 90.2 Å². The van der Waals surface area contributed by atoms with Crippen molar-refractivity contribution in [1.82, 2.24) is 4.90 Å². The van der Waals surface area contributed by atoms with E-state index < -0.39 is 5.97 Å². The van der Waals surface area contributed by atoms with E-state index in [1.807, 2.05) is 28.7 Å². The molecule has 1 aliphatic heterocycles. The summed E-state index contributed by atoms with van der Waals surface area (Å²) in [5, 5.41) is 20.0. The fraction of sp³-hybridized carbons (Fsp3) is 0.105. The lowest BCUT2D eigenvalue weighted by molar-refractivity contribution is -0.121. The number of aromatic hydroxyl groups is 1. The highest BCUT2D eigenvalue weighted by Gasteiger charge is 2.31. The van der Waals surface area contributed by atoms with Crippen molar-refractivity contribution in [3.63, 3.8) is 0 Å². The van der Waals surface area contributed by atoms with Crippen molar-refractivity contribution in [2.75, 3.05) is 7.05 Å². The third-order valence-corrected chi connectivity index (χ3v) is 6.60. The summed E-state index contributed by atoms with van der Waals surface area (Å²) in [6.45, 7) is 1.69. The monoisotopic (exact) mass is 620 g/mol. The van der Waals surface area contributed by atoms with Crippen LogP contribution in [0.4, 0.5) is 5.69 Å². The summed E-state index contributed by atoms with van der Waals surface area (Å²) in [5.41, 5.74) is 1.76. The van der Waals surface area contributed by atoms with Crippen molar-refractivity contribution in [1.29, 1.82) is 0 Å². The molecule has 0 spiro atoms. The van der Waals surface area contributed by atoms with Crippen LogP contribution in [-0.4, -0.2) is 39.2 Å². The number of amidine groups is 1. The number of phenols is 1. The molecule has 0 saturated carbocycles. The van der Waals surface area contributed by atoms with Gasteiger partial charge in [-0.25, -0.2) is 9.79 Å². The predicted molar refractivity (Wildman–Crippen MR) is 127 cm³/mol. The molecular weight excluding hydrogens is 606 g/mol. The number of carbonyl (C=O) groups excluding carboxylic acids is 1. The Labute approximate surface area is 193 Å². The Morgan fingerprint density at radius 1 is 1.29 bits per heavy atom. The number of carboxylic acids is 1. The van der Waals surface area contributed by atoms with Gasteiger partial charge in [0.1, 0.15) is 5.75 Å². The summed E-state index contributed by atoms with van der Waals surface area (Å²) in [5.74, 6) is -1.13. The molecule has 3 rings (SSSR count). The smallest absolute Gasteiger partial charge is 0.336 e. The minimum absolute atomic E-state index is 0.125. The lowest BCUT2D eigenvalue weighted by Gasteiger charge is -2.09. The number of carbonyl (C=O) groups is 2. The summed E-state index contributed by atoms with van der Waals surface area (Å²) in [6, 6.07) is 8.50. The van der Waals surface area contributed by atoms with Crippen LogP contribution in [0.1, 0.15) is 21.5 Å². The Bertz CT molecular complexity index is 1070. The molecule has 1 heterocycles. The zero-order valence-corrected chi connectivity index (χ0v) is 19.9. The average Bonchev–Trinajstić information content (AvgIpc) is 2.88. The molecule has 2 aromatic rings.